The first-order valence-electron chi connectivity index (χ1n) is 5.67. The van der Waals surface area contributed by atoms with Gasteiger partial charge in [-0.2, -0.15) is 0 Å². The molecule has 4 nitrogen and oxygen atoms in total. The van der Waals surface area contributed by atoms with Gasteiger partial charge in [0, 0.05) is 11.5 Å². The summed E-state index contributed by atoms with van der Waals surface area (Å²) in [5, 5.41) is 9.49. The minimum absolute atomic E-state index is 0.0794. The average Bonchev–Trinajstić information content (AvgIpc) is 3.16. The van der Waals surface area contributed by atoms with E-state index >= 15 is 0 Å². The number of carbonyl (C=O) groups excluding carboxylic acids is 2. The molecule has 1 aliphatic carbocycles. The normalized spacial score (nSPS) is 15.9. The fourth-order valence-electron chi connectivity index (χ4n) is 1.78. The third-order valence-corrected chi connectivity index (χ3v) is 3.72. The molecule has 1 aliphatic rings. The van der Waals surface area contributed by atoms with Gasteiger partial charge in [0.15, 0.2) is 17.5 Å². The molecule has 1 aromatic carbocycles. The van der Waals surface area contributed by atoms with Crippen LogP contribution in [0, 0.1) is 11.8 Å². The zero-order valence-electron chi connectivity index (χ0n) is 9.73. The van der Waals surface area contributed by atoms with Crippen molar-refractivity contribution in [3.05, 3.63) is 33.8 Å². The average molecular weight is 301 g/mol. The van der Waals surface area contributed by atoms with Crippen molar-refractivity contribution in [3.63, 3.8) is 0 Å². The van der Waals surface area contributed by atoms with Gasteiger partial charge in [0.2, 0.25) is 0 Å². The summed E-state index contributed by atoms with van der Waals surface area (Å²) in [6.07, 6.45) is 1.30. The molecule has 1 aromatic rings. The molecule has 1 N–H and O–H groups in total. The van der Waals surface area contributed by atoms with Gasteiger partial charge >= 0.3 is 5.97 Å². The monoisotopic (exact) mass is 300 g/mol. The van der Waals surface area contributed by atoms with Crippen LogP contribution in [0.3, 0.4) is 0 Å². The number of Topliss-reactive ketones (excluding diaryl/α,β-unsaturated/α-hetero) is 2. The summed E-state index contributed by atoms with van der Waals surface area (Å²) in [6.45, 7) is 0. The number of carboxylic acids is 1. The third kappa shape index (κ3) is 2.96. The molecular weight excluding hydrogens is 291 g/mol. The first-order valence-corrected chi connectivity index (χ1v) is 6.43. The molecule has 1 atom stereocenters. The smallest absolute Gasteiger partial charge is 0.322 e. The molecule has 0 aliphatic heterocycles. The highest BCUT2D eigenvalue weighted by Crippen LogP contribution is 2.34. The highest BCUT2D eigenvalue weighted by Gasteiger charge is 2.42. The van der Waals surface area contributed by atoms with Crippen LogP contribution in [0.4, 0.5) is 0 Å². The van der Waals surface area contributed by atoms with Crippen LogP contribution in [0.5, 0.6) is 0 Å². The van der Waals surface area contributed by atoms with Gasteiger partial charge in [0.05, 0.1) is 10.0 Å². The number of halogens is 2. The number of ketones is 2. The Balaban J connectivity index is 2.30. The summed E-state index contributed by atoms with van der Waals surface area (Å²) in [4.78, 5) is 35.1. The van der Waals surface area contributed by atoms with Gasteiger partial charge in [0.25, 0.3) is 0 Å². The molecule has 1 unspecified atom stereocenters. The first kappa shape index (κ1) is 14.0. The summed E-state index contributed by atoms with van der Waals surface area (Å²) in [6, 6.07) is 4.05. The molecule has 0 amide bonds. The van der Waals surface area contributed by atoms with Crippen LogP contribution in [0.25, 0.3) is 0 Å². The summed E-state index contributed by atoms with van der Waals surface area (Å²) in [5.74, 6) is -4.64. The molecule has 19 heavy (non-hydrogen) atoms. The number of aliphatic carboxylic acids is 1. The van der Waals surface area contributed by atoms with Crippen molar-refractivity contribution < 1.29 is 19.5 Å². The van der Waals surface area contributed by atoms with Gasteiger partial charge in [-0.05, 0) is 31.0 Å². The van der Waals surface area contributed by atoms with Crippen LogP contribution in [-0.2, 0) is 9.59 Å². The fraction of sp³-hybridized carbons (Fsp3) is 0.308. The summed E-state index contributed by atoms with van der Waals surface area (Å²) < 4.78 is 0. The minimum Gasteiger partial charge on any atom is -0.480 e. The number of carboxylic acid groups (broad SMARTS) is 1. The summed E-state index contributed by atoms with van der Waals surface area (Å²) in [5.41, 5.74) is 0.0794. The standard InChI is InChI=1S/C13H10Cl2O4/c14-8-4-3-7(5-9(8)15)12(17)10(13(18)19)11(16)6-1-2-6/h3-6,10H,1-2H2,(H,18,19). The molecule has 0 aromatic heterocycles. The van der Waals surface area contributed by atoms with E-state index in [1.165, 1.54) is 18.2 Å². The Hall–Kier alpha value is -1.39. The van der Waals surface area contributed by atoms with E-state index in [0.717, 1.165) is 0 Å². The second-order valence-electron chi connectivity index (χ2n) is 4.44. The predicted octanol–water partition coefficient (Wildman–Crippen LogP) is 2.86. The molecule has 6 heteroatoms. The SMILES string of the molecule is O=C(O)C(C(=O)c1ccc(Cl)c(Cl)c1)C(=O)C1CC1. The molecule has 2 rings (SSSR count). The number of carbonyl (C=O) groups is 3. The van der Waals surface area contributed by atoms with Gasteiger partial charge < -0.3 is 5.11 Å². The molecular formula is C13H10Cl2O4. The predicted molar refractivity (Wildman–Crippen MR) is 69.6 cm³/mol. The molecule has 0 spiro atoms. The molecule has 0 saturated heterocycles. The van der Waals surface area contributed by atoms with Gasteiger partial charge in [-0.1, -0.05) is 23.2 Å². The summed E-state index contributed by atoms with van der Waals surface area (Å²) >= 11 is 11.5. The molecule has 0 heterocycles. The quantitative estimate of drug-likeness (QED) is 0.670. The topological polar surface area (TPSA) is 71.4 Å². The van der Waals surface area contributed by atoms with Crippen molar-refractivity contribution >= 4 is 40.7 Å². The zero-order valence-corrected chi connectivity index (χ0v) is 11.2. The van der Waals surface area contributed by atoms with Crippen molar-refractivity contribution in [1.82, 2.24) is 0 Å². The van der Waals surface area contributed by atoms with E-state index in [1.54, 1.807) is 0 Å². The maximum atomic E-state index is 12.1. The van der Waals surface area contributed by atoms with Gasteiger partial charge in [0.1, 0.15) is 0 Å². The van der Waals surface area contributed by atoms with E-state index in [-0.39, 0.29) is 21.5 Å². The largest absolute Gasteiger partial charge is 0.480 e. The maximum absolute atomic E-state index is 12.1. The van der Waals surface area contributed by atoms with E-state index in [2.05, 4.69) is 0 Å². The highest BCUT2D eigenvalue weighted by atomic mass is 35.5. The maximum Gasteiger partial charge on any atom is 0.322 e. The van der Waals surface area contributed by atoms with Gasteiger partial charge in [-0.15, -0.1) is 0 Å². The lowest BCUT2D eigenvalue weighted by Gasteiger charge is -2.10. The van der Waals surface area contributed by atoms with Crippen molar-refractivity contribution in [3.8, 4) is 0 Å². The third-order valence-electron chi connectivity index (χ3n) is 2.98. The number of hydrogen-bond acceptors (Lipinski definition) is 3. The van der Waals surface area contributed by atoms with E-state index in [9.17, 15) is 14.4 Å². The fourth-order valence-corrected chi connectivity index (χ4v) is 2.08. The van der Waals surface area contributed by atoms with Crippen molar-refractivity contribution in [2.24, 2.45) is 11.8 Å². The Morgan fingerprint density at radius 2 is 1.79 bits per heavy atom. The van der Waals surface area contributed by atoms with Crippen molar-refractivity contribution in [2.45, 2.75) is 12.8 Å². The second kappa shape index (κ2) is 5.31. The lowest BCUT2D eigenvalue weighted by molar-refractivity contribution is -0.144. The molecule has 1 fully saturated rings. The van der Waals surface area contributed by atoms with Crippen LogP contribution < -0.4 is 0 Å². The molecule has 1 saturated carbocycles. The first-order chi connectivity index (χ1) is 8.91. The van der Waals surface area contributed by atoms with Crippen LogP contribution in [0.15, 0.2) is 18.2 Å². The van der Waals surface area contributed by atoms with Crippen LogP contribution in [-0.4, -0.2) is 22.6 Å². The summed E-state index contributed by atoms with van der Waals surface area (Å²) in [7, 11) is 0. The van der Waals surface area contributed by atoms with Crippen molar-refractivity contribution in [1.29, 1.82) is 0 Å². The lowest BCUT2D eigenvalue weighted by atomic mass is 9.91. The minimum atomic E-state index is -1.65. The highest BCUT2D eigenvalue weighted by molar-refractivity contribution is 6.42. The Morgan fingerprint density at radius 3 is 2.26 bits per heavy atom. The van der Waals surface area contributed by atoms with Crippen LogP contribution >= 0.6 is 23.2 Å². The van der Waals surface area contributed by atoms with E-state index in [1.807, 2.05) is 0 Å². The van der Waals surface area contributed by atoms with Crippen LogP contribution in [0.1, 0.15) is 23.2 Å². The zero-order chi connectivity index (χ0) is 14.2. The molecule has 100 valence electrons. The van der Waals surface area contributed by atoms with E-state index in [0.29, 0.717) is 12.8 Å². The second-order valence-corrected chi connectivity index (χ2v) is 5.26. The number of rotatable bonds is 5. The number of benzene rings is 1. The Kier molecular flexibility index (Phi) is 3.92. The van der Waals surface area contributed by atoms with Gasteiger partial charge in [-0.3, -0.25) is 14.4 Å². The Bertz CT molecular complexity index is 564. The Labute approximate surface area is 119 Å². The van der Waals surface area contributed by atoms with E-state index in [4.69, 9.17) is 28.3 Å². The molecule has 0 radical (unpaired) electrons. The number of hydrogen-bond donors (Lipinski definition) is 1. The van der Waals surface area contributed by atoms with Gasteiger partial charge in [-0.25, -0.2) is 0 Å². The van der Waals surface area contributed by atoms with Crippen molar-refractivity contribution in [2.75, 3.05) is 0 Å². The van der Waals surface area contributed by atoms with E-state index < -0.39 is 23.5 Å². The Morgan fingerprint density at radius 1 is 1.16 bits per heavy atom. The molecule has 0 bridgehead atoms. The lowest BCUT2D eigenvalue weighted by Crippen LogP contribution is -2.33. The van der Waals surface area contributed by atoms with Crippen LogP contribution in [0.2, 0.25) is 10.0 Å².